The summed E-state index contributed by atoms with van der Waals surface area (Å²) in [5, 5.41) is 3.58. The Morgan fingerprint density at radius 1 is 1.40 bits per heavy atom. The molecule has 2 aromatic rings. The summed E-state index contributed by atoms with van der Waals surface area (Å²) in [7, 11) is 0. The number of halogens is 1. The van der Waals surface area contributed by atoms with Crippen LogP contribution in [0.2, 0.25) is 0 Å². The number of carbonyl (C=O) groups is 1. The van der Waals surface area contributed by atoms with E-state index in [9.17, 15) is 4.79 Å². The van der Waals surface area contributed by atoms with Crippen LogP contribution in [0, 0.1) is 0 Å². The Bertz CT molecular complexity index is 604. The molecule has 106 valence electrons. The highest BCUT2D eigenvalue weighted by molar-refractivity contribution is 9.10. The van der Waals surface area contributed by atoms with E-state index in [0.717, 1.165) is 28.2 Å². The molecule has 0 atom stereocenters. The van der Waals surface area contributed by atoms with Crippen LogP contribution in [0.1, 0.15) is 19.8 Å². The van der Waals surface area contributed by atoms with Crippen molar-refractivity contribution in [3.05, 3.63) is 29.0 Å². The van der Waals surface area contributed by atoms with Crippen LogP contribution in [-0.2, 0) is 4.79 Å². The van der Waals surface area contributed by atoms with Crippen molar-refractivity contribution in [2.45, 2.75) is 19.8 Å². The molecule has 0 saturated heterocycles. The molecule has 1 heterocycles. The molecule has 0 saturated carbocycles. The number of rotatable bonds is 6. The van der Waals surface area contributed by atoms with Gasteiger partial charge in [0.15, 0.2) is 6.61 Å². The number of nitrogens with one attached hydrogen (secondary N) is 1. The van der Waals surface area contributed by atoms with Gasteiger partial charge in [-0.15, -0.1) is 0 Å². The molecule has 0 aliphatic rings. The third kappa shape index (κ3) is 3.90. The quantitative estimate of drug-likeness (QED) is 0.823. The van der Waals surface area contributed by atoms with Crippen LogP contribution in [0.25, 0.3) is 10.9 Å². The van der Waals surface area contributed by atoms with Gasteiger partial charge in [-0.3, -0.25) is 4.79 Å². The van der Waals surface area contributed by atoms with Crippen LogP contribution in [0.5, 0.6) is 5.88 Å². The summed E-state index contributed by atoms with van der Waals surface area (Å²) in [4.78, 5) is 19.8. The average molecular weight is 338 g/mol. The second-order valence-corrected chi connectivity index (χ2v) is 5.25. The number of hydrogen-bond acceptors (Lipinski definition) is 4. The summed E-state index contributed by atoms with van der Waals surface area (Å²) in [5.74, 6) is 0.280. The van der Waals surface area contributed by atoms with Crippen molar-refractivity contribution >= 4 is 32.7 Å². The first kappa shape index (κ1) is 14.7. The fourth-order valence-corrected chi connectivity index (χ4v) is 2.07. The highest BCUT2D eigenvalue weighted by Gasteiger charge is 2.08. The molecule has 1 aromatic heterocycles. The number of amides is 1. The Hall–Kier alpha value is -1.69. The molecule has 20 heavy (non-hydrogen) atoms. The third-order valence-electron chi connectivity index (χ3n) is 2.75. The molecule has 0 radical (unpaired) electrons. The first-order valence-corrected chi connectivity index (χ1v) is 7.29. The smallest absolute Gasteiger partial charge is 0.258 e. The Balaban J connectivity index is 2.02. The average Bonchev–Trinajstić information content (AvgIpc) is 2.45. The molecule has 1 N–H and O–H groups in total. The zero-order chi connectivity index (χ0) is 14.4. The van der Waals surface area contributed by atoms with Gasteiger partial charge in [0.2, 0.25) is 5.88 Å². The van der Waals surface area contributed by atoms with Gasteiger partial charge in [0, 0.05) is 11.0 Å². The highest BCUT2D eigenvalue weighted by Crippen LogP contribution is 2.24. The van der Waals surface area contributed by atoms with Crippen LogP contribution in [0.3, 0.4) is 0 Å². The van der Waals surface area contributed by atoms with Crippen LogP contribution in [-0.4, -0.2) is 29.0 Å². The van der Waals surface area contributed by atoms with E-state index in [1.165, 1.54) is 6.33 Å². The zero-order valence-electron chi connectivity index (χ0n) is 11.2. The highest BCUT2D eigenvalue weighted by atomic mass is 79.9. The Labute approximate surface area is 125 Å². The van der Waals surface area contributed by atoms with Crippen molar-refractivity contribution in [2.24, 2.45) is 0 Å². The lowest BCUT2D eigenvalue weighted by molar-refractivity contribution is -0.123. The van der Waals surface area contributed by atoms with Crippen LogP contribution in [0.15, 0.2) is 29.0 Å². The summed E-state index contributed by atoms with van der Waals surface area (Å²) in [6, 6.07) is 5.64. The van der Waals surface area contributed by atoms with Crippen molar-refractivity contribution in [2.75, 3.05) is 13.2 Å². The molecular formula is C14H16BrN3O2. The maximum Gasteiger partial charge on any atom is 0.258 e. The number of carbonyl (C=O) groups excluding carboxylic acids is 1. The molecule has 0 bridgehead atoms. The monoisotopic (exact) mass is 337 g/mol. The third-order valence-corrected chi connectivity index (χ3v) is 3.25. The Kier molecular flexibility index (Phi) is 5.29. The SMILES string of the molecule is CCCCNC(=O)COc1ncnc2ccc(Br)cc12. The fraction of sp³-hybridized carbons (Fsp3) is 0.357. The van der Waals surface area contributed by atoms with Gasteiger partial charge in [0.25, 0.3) is 5.91 Å². The lowest BCUT2D eigenvalue weighted by atomic mass is 10.2. The number of hydrogen-bond donors (Lipinski definition) is 1. The Morgan fingerprint density at radius 3 is 3.05 bits per heavy atom. The van der Waals surface area contributed by atoms with E-state index in [1.54, 1.807) is 0 Å². The number of unbranched alkanes of at least 4 members (excludes halogenated alkanes) is 1. The summed E-state index contributed by atoms with van der Waals surface area (Å²) >= 11 is 3.40. The first-order valence-electron chi connectivity index (χ1n) is 6.50. The maximum absolute atomic E-state index is 11.6. The maximum atomic E-state index is 11.6. The van der Waals surface area contributed by atoms with Crippen molar-refractivity contribution in [1.82, 2.24) is 15.3 Å². The van der Waals surface area contributed by atoms with Crippen molar-refractivity contribution < 1.29 is 9.53 Å². The fourth-order valence-electron chi connectivity index (χ4n) is 1.71. The van der Waals surface area contributed by atoms with Crippen LogP contribution >= 0.6 is 15.9 Å². The Morgan fingerprint density at radius 2 is 2.25 bits per heavy atom. The normalized spacial score (nSPS) is 10.5. The van der Waals surface area contributed by atoms with Gasteiger partial charge >= 0.3 is 0 Å². The summed E-state index contributed by atoms with van der Waals surface area (Å²) in [6.07, 6.45) is 3.45. The molecular weight excluding hydrogens is 322 g/mol. The molecule has 0 unspecified atom stereocenters. The minimum absolute atomic E-state index is 0.0393. The van der Waals surface area contributed by atoms with Crippen molar-refractivity contribution in [1.29, 1.82) is 0 Å². The van der Waals surface area contributed by atoms with Crippen molar-refractivity contribution in [3.8, 4) is 5.88 Å². The molecule has 1 amide bonds. The predicted octanol–water partition coefficient (Wildman–Crippen LogP) is 2.69. The lowest BCUT2D eigenvalue weighted by Crippen LogP contribution is -2.29. The van der Waals surface area contributed by atoms with Gasteiger partial charge < -0.3 is 10.1 Å². The molecule has 0 fully saturated rings. The van der Waals surface area contributed by atoms with Gasteiger partial charge in [0.05, 0.1) is 10.9 Å². The lowest BCUT2D eigenvalue weighted by Gasteiger charge is -2.08. The molecule has 5 nitrogen and oxygen atoms in total. The number of ether oxygens (including phenoxy) is 1. The summed E-state index contributed by atoms with van der Waals surface area (Å²) < 4.78 is 6.40. The molecule has 0 spiro atoms. The molecule has 2 rings (SSSR count). The minimum atomic E-state index is -0.139. The van der Waals surface area contributed by atoms with Gasteiger partial charge in [-0.1, -0.05) is 29.3 Å². The van der Waals surface area contributed by atoms with Gasteiger partial charge in [0.1, 0.15) is 6.33 Å². The number of aromatic nitrogens is 2. The second kappa shape index (κ2) is 7.19. The number of fused-ring (bicyclic) bond motifs is 1. The van der Waals surface area contributed by atoms with Gasteiger partial charge in [-0.05, 0) is 24.6 Å². The number of benzene rings is 1. The first-order chi connectivity index (χ1) is 9.70. The van der Waals surface area contributed by atoms with Crippen molar-refractivity contribution in [3.63, 3.8) is 0 Å². The van der Waals surface area contributed by atoms with E-state index < -0.39 is 0 Å². The van der Waals surface area contributed by atoms with E-state index in [0.29, 0.717) is 12.4 Å². The standard InChI is InChI=1S/C14H16BrN3O2/c1-2-3-6-16-13(19)8-20-14-11-7-10(15)4-5-12(11)17-9-18-14/h4-5,7,9H,2-3,6,8H2,1H3,(H,16,19). The molecule has 0 aliphatic carbocycles. The van der Waals surface area contributed by atoms with E-state index in [2.05, 4.69) is 38.1 Å². The summed E-state index contributed by atoms with van der Waals surface area (Å²) in [6.45, 7) is 2.71. The zero-order valence-corrected chi connectivity index (χ0v) is 12.8. The van der Waals surface area contributed by atoms with E-state index in [-0.39, 0.29) is 12.5 Å². The van der Waals surface area contributed by atoms with E-state index in [4.69, 9.17) is 4.74 Å². The topological polar surface area (TPSA) is 64.1 Å². The largest absolute Gasteiger partial charge is 0.467 e. The van der Waals surface area contributed by atoms with E-state index >= 15 is 0 Å². The van der Waals surface area contributed by atoms with E-state index in [1.807, 2.05) is 18.2 Å². The molecule has 6 heteroatoms. The summed E-state index contributed by atoms with van der Waals surface area (Å²) in [5.41, 5.74) is 0.782. The van der Waals surface area contributed by atoms with Gasteiger partial charge in [-0.25, -0.2) is 9.97 Å². The molecule has 0 aliphatic heterocycles. The van der Waals surface area contributed by atoms with Crippen LogP contribution < -0.4 is 10.1 Å². The molecule has 1 aromatic carbocycles. The van der Waals surface area contributed by atoms with Crippen LogP contribution in [0.4, 0.5) is 0 Å². The minimum Gasteiger partial charge on any atom is -0.467 e. The van der Waals surface area contributed by atoms with Gasteiger partial charge in [-0.2, -0.15) is 0 Å². The predicted molar refractivity (Wildman–Crippen MR) is 80.7 cm³/mol. The second-order valence-electron chi connectivity index (χ2n) is 4.33. The number of nitrogens with zero attached hydrogens (tertiary/aromatic N) is 2.